The van der Waals surface area contributed by atoms with Crippen LogP contribution in [0.15, 0.2) is 54.6 Å². The minimum absolute atomic E-state index is 0.157. The van der Waals surface area contributed by atoms with Crippen LogP contribution in [0.4, 0.5) is 4.79 Å². The van der Waals surface area contributed by atoms with Gasteiger partial charge in [-0.1, -0.05) is 77.1 Å². The molecular weight excluding hydrogens is 430 g/mol. The van der Waals surface area contributed by atoms with Crippen molar-refractivity contribution in [2.24, 2.45) is 5.41 Å². The van der Waals surface area contributed by atoms with Crippen LogP contribution in [0.5, 0.6) is 5.75 Å². The quantitative estimate of drug-likeness (QED) is 0.369. The Morgan fingerprint density at radius 3 is 2.00 bits per heavy atom. The number of nitrogens with zero attached hydrogens (tertiary/aromatic N) is 1. The average molecular weight is 474 g/mol. The largest absolute Gasteiger partial charge is 0.565 e. The minimum atomic E-state index is -2.08. The lowest BCUT2D eigenvalue weighted by Gasteiger charge is -2.33. The van der Waals surface area contributed by atoms with Crippen LogP contribution < -0.4 is 9.84 Å². The highest BCUT2D eigenvalue weighted by Crippen LogP contribution is 2.36. The van der Waals surface area contributed by atoms with E-state index in [1.54, 1.807) is 0 Å². The third-order valence-electron chi connectivity index (χ3n) is 5.40. The van der Waals surface area contributed by atoms with Crippen LogP contribution in [0, 0.1) is 5.41 Å². The lowest BCUT2D eigenvalue weighted by Crippen LogP contribution is -2.41. The average Bonchev–Trinajstić information content (AvgIpc) is 2.69. The van der Waals surface area contributed by atoms with Gasteiger partial charge < -0.3 is 29.0 Å². The van der Waals surface area contributed by atoms with Crippen molar-refractivity contribution in [3.63, 3.8) is 0 Å². The van der Waals surface area contributed by atoms with Gasteiger partial charge in [0.25, 0.3) is 0 Å². The van der Waals surface area contributed by atoms with Crippen molar-refractivity contribution < 1.29 is 29.0 Å². The second-order valence-corrected chi connectivity index (χ2v) is 11.2. The van der Waals surface area contributed by atoms with Crippen molar-refractivity contribution in [2.75, 3.05) is 40.5 Å². The second-order valence-electron chi connectivity index (χ2n) is 11.2. The number of carboxylic acid groups (broad SMARTS) is 2. The predicted molar refractivity (Wildman–Crippen MR) is 135 cm³/mol. The van der Waals surface area contributed by atoms with Gasteiger partial charge in [0.15, 0.2) is 0 Å². The van der Waals surface area contributed by atoms with Gasteiger partial charge in [0.05, 0.1) is 27.3 Å². The van der Waals surface area contributed by atoms with Crippen molar-refractivity contribution >= 4 is 6.16 Å². The summed E-state index contributed by atoms with van der Waals surface area (Å²) in [7, 11) is 4.49. The van der Waals surface area contributed by atoms with Gasteiger partial charge in [-0.05, 0) is 34.9 Å². The summed E-state index contributed by atoms with van der Waals surface area (Å²) in [4.78, 5) is 8.44. The third kappa shape index (κ3) is 13.2. The van der Waals surface area contributed by atoms with E-state index in [4.69, 9.17) is 24.5 Å². The summed E-state index contributed by atoms with van der Waals surface area (Å²) >= 11 is 0. The molecule has 0 atom stereocenters. The molecule has 34 heavy (non-hydrogen) atoms. The van der Waals surface area contributed by atoms with Crippen molar-refractivity contribution in [3.05, 3.63) is 65.7 Å². The third-order valence-corrected chi connectivity index (χ3v) is 5.40. The molecule has 0 aliphatic rings. The number of hydrogen-bond donors (Lipinski definition) is 1. The standard InChI is InChI=1S/C27H42NO2.CH2O3/c1-26(2,3)22-27(4,5)24-13-15-25(16-14-24)30-20-19-29-18-17-28(6,7)21-23-11-9-8-10-12-23;2-1(3)4/h8-16H,17-22H2,1-7H3;(H2,2,3,4)/q+1;/p-1. The normalized spacial score (nSPS) is 12.0. The van der Waals surface area contributed by atoms with Crippen LogP contribution in [-0.2, 0) is 16.7 Å². The number of rotatable bonds is 11. The Kier molecular flexibility index (Phi) is 11.6. The van der Waals surface area contributed by atoms with Crippen LogP contribution in [0.25, 0.3) is 0 Å². The van der Waals surface area contributed by atoms with E-state index in [1.165, 1.54) is 11.1 Å². The van der Waals surface area contributed by atoms with Crippen LogP contribution in [0.1, 0.15) is 52.2 Å². The Labute approximate surface area is 205 Å². The zero-order valence-electron chi connectivity index (χ0n) is 22.0. The Balaban J connectivity index is 0.00000133. The molecule has 2 aromatic carbocycles. The SMILES string of the molecule is CC(C)(C)CC(C)(C)c1ccc(OCCOCC[N+](C)(C)Cc2ccccc2)cc1.O=C([O-])O. The minimum Gasteiger partial charge on any atom is -0.565 e. The van der Waals surface area contributed by atoms with Crippen LogP contribution >= 0.6 is 0 Å². The maximum absolute atomic E-state index is 8.44. The van der Waals surface area contributed by atoms with Crippen molar-refractivity contribution in [2.45, 2.75) is 53.0 Å². The van der Waals surface area contributed by atoms with Gasteiger partial charge >= 0.3 is 0 Å². The molecule has 0 bridgehead atoms. The molecule has 190 valence electrons. The second kappa shape index (κ2) is 13.4. The number of ether oxygens (including phenoxy) is 2. The molecule has 6 heteroatoms. The first-order chi connectivity index (χ1) is 15.7. The molecular formula is C28H43NO5. The van der Waals surface area contributed by atoms with E-state index in [1.807, 2.05) is 0 Å². The Morgan fingerprint density at radius 2 is 1.47 bits per heavy atom. The van der Waals surface area contributed by atoms with E-state index in [2.05, 4.69) is 103 Å². The number of benzene rings is 2. The van der Waals surface area contributed by atoms with Crippen molar-refractivity contribution in [3.8, 4) is 5.75 Å². The molecule has 6 nitrogen and oxygen atoms in total. The Hall–Kier alpha value is -2.57. The summed E-state index contributed by atoms with van der Waals surface area (Å²) in [6.07, 6.45) is -0.937. The highest BCUT2D eigenvalue weighted by Gasteiger charge is 2.27. The summed E-state index contributed by atoms with van der Waals surface area (Å²) in [5.74, 6) is 0.911. The summed E-state index contributed by atoms with van der Waals surface area (Å²) in [5, 5.41) is 15.3. The molecule has 0 heterocycles. The molecule has 0 aliphatic carbocycles. The van der Waals surface area contributed by atoms with E-state index < -0.39 is 6.16 Å². The number of hydrogen-bond acceptors (Lipinski definition) is 4. The Bertz CT molecular complexity index is 835. The zero-order valence-corrected chi connectivity index (χ0v) is 22.0. The highest BCUT2D eigenvalue weighted by molar-refractivity contribution is 5.50. The molecule has 0 saturated heterocycles. The first-order valence-corrected chi connectivity index (χ1v) is 11.8. The Morgan fingerprint density at radius 1 is 0.912 bits per heavy atom. The summed E-state index contributed by atoms with van der Waals surface area (Å²) in [6, 6.07) is 19.2. The number of carbonyl (C=O) groups is 1. The van der Waals surface area contributed by atoms with Crippen LogP contribution in [-0.4, -0.2) is 56.2 Å². The topological polar surface area (TPSA) is 78.8 Å². The van der Waals surface area contributed by atoms with E-state index in [9.17, 15) is 0 Å². The maximum atomic E-state index is 8.44. The molecule has 0 radical (unpaired) electrons. The van der Waals surface area contributed by atoms with E-state index in [0.717, 1.165) is 36.3 Å². The molecule has 0 saturated carbocycles. The smallest absolute Gasteiger partial charge is 0.249 e. The number of quaternary nitrogens is 1. The maximum Gasteiger partial charge on any atom is 0.249 e. The summed E-state index contributed by atoms with van der Waals surface area (Å²) < 4.78 is 12.6. The molecule has 0 amide bonds. The lowest BCUT2D eigenvalue weighted by molar-refractivity contribution is -0.904. The fourth-order valence-corrected chi connectivity index (χ4v) is 4.22. The summed E-state index contributed by atoms with van der Waals surface area (Å²) in [5.41, 5.74) is 3.19. The van der Waals surface area contributed by atoms with E-state index in [-0.39, 0.29) is 5.41 Å². The predicted octanol–water partition coefficient (Wildman–Crippen LogP) is 4.96. The fraction of sp³-hybridized carbons (Fsp3) is 0.536. The molecule has 0 aromatic heterocycles. The van der Waals surface area contributed by atoms with Crippen LogP contribution in [0.3, 0.4) is 0 Å². The molecule has 0 spiro atoms. The molecule has 0 fully saturated rings. The van der Waals surface area contributed by atoms with Gasteiger partial charge in [-0.2, -0.15) is 0 Å². The first-order valence-electron chi connectivity index (χ1n) is 11.8. The zero-order chi connectivity index (χ0) is 25.8. The summed E-state index contributed by atoms with van der Waals surface area (Å²) in [6.45, 7) is 15.5. The van der Waals surface area contributed by atoms with Gasteiger partial charge in [0.1, 0.15) is 25.4 Å². The van der Waals surface area contributed by atoms with Gasteiger partial charge in [-0.15, -0.1) is 0 Å². The molecule has 2 rings (SSSR count). The number of likely N-dealkylation sites (N-methyl/N-ethyl adjacent to an activating group) is 1. The van der Waals surface area contributed by atoms with Gasteiger partial charge in [-0.3, -0.25) is 0 Å². The highest BCUT2D eigenvalue weighted by atomic mass is 16.6. The first kappa shape index (κ1) is 29.5. The lowest BCUT2D eigenvalue weighted by atomic mass is 9.72. The monoisotopic (exact) mass is 473 g/mol. The van der Waals surface area contributed by atoms with Gasteiger partial charge in [0, 0.05) is 5.56 Å². The molecule has 1 N–H and O–H groups in total. The molecule has 2 aromatic rings. The van der Waals surface area contributed by atoms with E-state index in [0.29, 0.717) is 18.6 Å². The van der Waals surface area contributed by atoms with Crippen LogP contribution in [0.2, 0.25) is 0 Å². The fourth-order valence-electron chi connectivity index (χ4n) is 4.22. The van der Waals surface area contributed by atoms with Gasteiger partial charge in [-0.25, -0.2) is 0 Å². The molecule has 0 unspecified atom stereocenters. The van der Waals surface area contributed by atoms with Crippen molar-refractivity contribution in [1.82, 2.24) is 0 Å². The molecule has 0 aliphatic heterocycles. The van der Waals surface area contributed by atoms with Crippen molar-refractivity contribution in [1.29, 1.82) is 0 Å². The van der Waals surface area contributed by atoms with E-state index >= 15 is 0 Å². The van der Waals surface area contributed by atoms with Gasteiger partial charge in [0.2, 0.25) is 6.16 Å².